The number of aromatic nitrogens is 3. The lowest BCUT2D eigenvalue weighted by molar-refractivity contribution is 0.414. The van der Waals surface area contributed by atoms with Gasteiger partial charge in [-0.3, -0.25) is 4.57 Å². The number of rotatable bonds is 7. The highest BCUT2D eigenvalue weighted by atomic mass is 32.2. The third-order valence-electron chi connectivity index (χ3n) is 4.21. The van der Waals surface area contributed by atoms with Crippen LogP contribution in [0.4, 0.5) is 0 Å². The van der Waals surface area contributed by atoms with Crippen LogP contribution in [-0.4, -0.2) is 29.0 Å². The molecule has 6 nitrogen and oxygen atoms in total. The third kappa shape index (κ3) is 3.75. The van der Waals surface area contributed by atoms with Gasteiger partial charge in [0.2, 0.25) is 5.82 Å². The second-order valence-corrected chi connectivity index (χ2v) is 6.90. The first-order valence-electron chi connectivity index (χ1n) is 8.68. The van der Waals surface area contributed by atoms with E-state index in [2.05, 4.69) is 16.3 Å². The molecule has 0 bridgehead atoms. The molecule has 142 valence electrons. The first kappa shape index (κ1) is 18.2. The van der Waals surface area contributed by atoms with Gasteiger partial charge in [0.05, 0.1) is 26.2 Å². The highest BCUT2D eigenvalue weighted by molar-refractivity contribution is 7.98. The number of hydrogen-bond acceptors (Lipinski definition) is 6. The van der Waals surface area contributed by atoms with E-state index in [1.807, 2.05) is 59.2 Å². The zero-order valence-corrected chi connectivity index (χ0v) is 16.3. The van der Waals surface area contributed by atoms with Gasteiger partial charge >= 0.3 is 0 Å². The predicted molar refractivity (Wildman–Crippen MR) is 108 cm³/mol. The molecule has 0 atom stereocenters. The van der Waals surface area contributed by atoms with E-state index >= 15 is 0 Å². The molecule has 0 aliphatic rings. The van der Waals surface area contributed by atoms with E-state index in [-0.39, 0.29) is 0 Å². The van der Waals surface area contributed by atoms with Crippen molar-refractivity contribution in [2.75, 3.05) is 14.2 Å². The second kappa shape index (κ2) is 8.22. The first-order valence-corrected chi connectivity index (χ1v) is 9.66. The van der Waals surface area contributed by atoms with Crippen LogP contribution in [0.1, 0.15) is 5.56 Å². The lowest BCUT2D eigenvalue weighted by Gasteiger charge is -2.10. The summed E-state index contributed by atoms with van der Waals surface area (Å²) in [5.41, 5.74) is 2.08. The lowest BCUT2D eigenvalue weighted by atomic mass is 10.2. The van der Waals surface area contributed by atoms with E-state index in [1.165, 1.54) is 0 Å². The van der Waals surface area contributed by atoms with E-state index < -0.39 is 0 Å². The summed E-state index contributed by atoms with van der Waals surface area (Å²) in [7, 11) is 3.32. The molecular weight excluding hydrogens is 374 g/mol. The Morgan fingerprint density at radius 3 is 2.46 bits per heavy atom. The summed E-state index contributed by atoms with van der Waals surface area (Å²) >= 11 is 1.60. The highest BCUT2D eigenvalue weighted by Gasteiger charge is 2.18. The van der Waals surface area contributed by atoms with Gasteiger partial charge in [0, 0.05) is 5.75 Å². The maximum atomic E-state index is 5.56. The van der Waals surface area contributed by atoms with Gasteiger partial charge < -0.3 is 13.9 Å². The van der Waals surface area contributed by atoms with Gasteiger partial charge in [0.25, 0.3) is 0 Å². The number of hydrogen-bond donors (Lipinski definition) is 0. The average molecular weight is 393 g/mol. The minimum absolute atomic E-state index is 0.656. The summed E-state index contributed by atoms with van der Waals surface area (Å²) in [6.45, 7) is 0. The van der Waals surface area contributed by atoms with Crippen molar-refractivity contribution in [2.45, 2.75) is 10.9 Å². The summed E-state index contributed by atoms with van der Waals surface area (Å²) in [5, 5.41) is 9.55. The van der Waals surface area contributed by atoms with Gasteiger partial charge in [-0.2, -0.15) is 0 Å². The monoisotopic (exact) mass is 393 g/mol. The van der Waals surface area contributed by atoms with Crippen LogP contribution in [0.15, 0.2) is 76.5 Å². The summed E-state index contributed by atoms with van der Waals surface area (Å²) in [5.74, 6) is 3.69. The maximum absolute atomic E-state index is 5.56. The molecule has 0 saturated carbocycles. The lowest BCUT2D eigenvalue weighted by Crippen LogP contribution is -1.99. The number of furan rings is 1. The Hall–Kier alpha value is -3.19. The molecule has 4 rings (SSSR count). The summed E-state index contributed by atoms with van der Waals surface area (Å²) in [6, 6.07) is 19.5. The van der Waals surface area contributed by atoms with Crippen molar-refractivity contribution in [2.24, 2.45) is 0 Å². The van der Waals surface area contributed by atoms with Crippen molar-refractivity contribution in [1.82, 2.24) is 14.8 Å². The summed E-state index contributed by atoms with van der Waals surface area (Å²) in [6.07, 6.45) is 1.63. The van der Waals surface area contributed by atoms with Crippen molar-refractivity contribution in [3.63, 3.8) is 0 Å². The van der Waals surface area contributed by atoms with Gasteiger partial charge in [-0.05, 0) is 54.1 Å². The van der Waals surface area contributed by atoms with Crippen LogP contribution in [0.25, 0.3) is 17.3 Å². The Bertz CT molecular complexity index is 1040. The fourth-order valence-corrected chi connectivity index (χ4v) is 3.70. The molecule has 2 aromatic carbocycles. The quantitative estimate of drug-likeness (QED) is 0.419. The fraction of sp³-hybridized carbons (Fsp3) is 0.143. The molecule has 0 radical (unpaired) electrons. The van der Waals surface area contributed by atoms with E-state index in [9.17, 15) is 0 Å². The van der Waals surface area contributed by atoms with Crippen LogP contribution in [0, 0.1) is 0 Å². The molecule has 4 aromatic rings. The molecule has 0 fully saturated rings. The van der Waals surface area contributed by atoms with E-state index in [4.69, 9.17) is 13.9 Å². The van der Waals surface area contributed by atoms with E-state index in [0.29, 0.717) is 11.6 Å². The molecule has 0 aliphatic carbocycles. The molecule has 0 aliphatic heterocycles. The number of ether oxygens (including phenoxy) is 2. The molecule has 2 heterocycles. The predicted octanol–water partition coefficient (Wildman–Crippen LogP) is 4.84. The Morgan fingerprint density at radius 1 is 0.929 bits per heavy atom. The van der Waals surface area contributed by atoms with E-state index in [1.54, 1.807) is 32.2 Å². The van der Waals surface area contributed by atoms with Crippen molar-refractivity contribution >= 4 is 11.8 Å². The van der Waals surface area contributed by atoms with Crippen molar-refractivity contribution in [3.8, 4) is 28.8 Å². The molecule has 28 heavy (non-hydrogen) atoms. The summed E-state index contributed by atoms with van der Waals surface area (Å²) < 4.78 is 18.1. The molecule has 0 amide bonds. The van der Waals surface area contributed by atoms with Crippen LogP contribution >= 0.6 is 11.8 Å². The molecular formula is C21H19N3O3S. The average Bonchev–Trinajstić information content (AvgIpc) is 3.42. The van der Waals surface area contributed by atoms with Crippen LogP contribution < -0.4 is 9.47 Å². The fourth-order valence-electron chi connectivity index (χ4n) is 2.80. The standard InChI is InChI=1S/C21H19N3O3S/c1-25-17-10-8-16(9-11-17)24-20(19-7-4-12-27-19)22-23-21(24)28-14-15-5-3-6-18(13-15)26-2/h3-13H,14H2,1-2H3. The van der Waals surface area contributed by atoms with Crippen molar-refractivity contribution in [1.29, 1.82) is 0 Å². The summed E-state index contributed by atoms with van der Waals surface area (Å²) in [4.78, 5) is 0. The number of benzene rings is 2. The minimum Gasteiger partial charge on any atom is -0.497 e. The molecule has 0 N–H and O–H groups in total. The van der Waals surface area contributed by atoms with Gasteiger partial charge in [-0.15, -0.1) is 10.2 Å². The van der Waals surface area contributed by atoms with Gasteiger partial charge in [-0.25, -0.2) is 0 Å². The van der Waals surface area contributed by atoms with Gasteiger partial charge in [0.1, 0.15) is 11.5 Å². The molecule has 0 unspecified atom stereocenters. The van der Waals surface area contributed by atoms with Gasteiger partial charge in [0.15, 0.2) is 10.9 Å². The van der Waals surface area contributed by atoms with Crippen LogP contribution in [-0.2, 0) is 5.75 Å². The molecule has 2 aromatic heterocycles. The van der Waals surface area contributed by atoms with Gasteiger partial charge in [-0.1, -0.05) is 23.9 Å². The molecule has 0 saturated heterocycles. The Kier molecular flexibility index (Phi) is 5.34. The number of methoxy groups -OCH3 is 2. The third-order valence-corrected chi connectivity index (χ3v) is 5.21. The van der Waals surface area contributed by atoms with E-state index in [0.717, 1.165) is 33.7 Å². The maximum Gasteiger partial charge on any atom is 0.205 e. The first-order chi connectivity index (χ1) is 13.8. The largest absolute Gasteiger partial charge is 0.497 e. The Morgan fingerprint density at radius 2 is 1.75 bits per heavy atom. The van der Waals surface area contributed by atoms with Crippen molar-refractivity contribution < 1.29 is 13.9 Å². The molecule has 7 heteroatoms. The van der Waals surface area contributed by atoms with Crippen molar-refractivity contribution in [3.05, 3.63) is 72.5 Å². The zero-order chi connectivity index (χ0) is 19.3. The van der Waals surface area contributed by atoms with Crippen LogP contribution in [0.2, 0.25) is 0 Å². The Labute approximate surface area is 167 Å². The number of nitrogens with zero attached hydrogens (tertiary/aromatic N) is 3. The SMILES string of the molecule is COc1ccc(-n2c(SCc3cccc(OC)c3)nnc2-c2ccco2)cc1. The van der Waals surface area contributed by atoms with Crippen LogP contribution in [0.5, 0.6) is 11.5 Å². The molecule has 0 spiro atoms. The zero-order valence-electron chi connectivity index (χ0n) is 15.5. The Balaban J connectivity index is 1.68. The normalized spacial score (nSPS) is 10.8. The number of thioether (sulfide) groups is 1. The highest BCUT2D eigenvalue weighted by Crippen LogP contribution is 2.31. The smallest absolute Gasteiger partial charge is 0.205 e. The minimum atomic E-state index is 0.656. The van der Waals surface area contributed by atoms with Crippen LogP contribution in [0.3, 0.4) is 0 Å². The second-order valence-electron chi connectivity index (χ2n) is 5.96. The topological polar surface area (TPSA) is 62.3 Å².